The second kappa shape index (κ2) is 10.9. The summed E-state index contributed by atoms with van der Waals surface area (Å²) < 4.78 is 0. The molecule has 10 heteroatoms. The van der Waals surface area contributed by atoms with Gasteiger partial charge >= 0.3 is 5.69 Å². The van der Waals surface area contributed by atoms with Crippen molar-refractivity contribution in [3.8, 4) is 6.07 Å². The van der Waals surface area contributed by atoms with Crippen molar-refractivity contribution in [3.05, 3.63) is 79.6 Å². The molecule has 1 atom stereocenters. The number of nitrogens with zero attached hydrogens (tertiary/aromatic N) is 4. The smallest absolute Gasteiger partial charge is 0.353 e. The number of hydrogen-bond acceptors (Lipinski definition) is 7. The van der Waals surface area contributed by atoms with Crippen molar-refractivity contribution in [1.82, 2.24) is 9.97 Å². The molecule has 0 aliphatic carbocycles. The molecule has 1 aromatic heterocycles. The van der Waals surface area contributed by atoms with Crippen LogP contribution in [0.15, 0.2) is 42.7 Å². The van der Waals surface area contributed by atoms with Crippen molar-refractivity contribution in [2.24, 2.45) is 0 Å². The van der Waals surface area contributed by atoms with E-state index in [1.165, 1.54) is 6.33 Å². The molecule has 33 heavy (non-hydrogen) atoms. The molecular formula is C23H22Cl2N6O2. The Morgan fingerprint density at radius 3 is 2.52 bits per heavy atom. The van der Waals surface area contributed by atoms with E-state index in [0.717, 1.165) is 24.0 Å². The van der Waals surface area contributed by atoms with E-state index in [1.807, 2.05) is 13.8 Å². The number of hydrogen-bond donors (Lipinski definition) is 2. The van der Waals surface area contributed by atoms with E-state index < -0.39 is 10.8 Å². The molecule has 3 aromatic rings. The fourth-order valence-electron chi connectivity index (χ4n) is 3.32. The van der Waals surface area contributed by atoms with Gasteiger partial charge < -0.3 is 10.6 Å². The first kappa shape index (κ1) is 24.2. The lowest BCUT2D eigenvalue weighted by atomic mass is 9.91. The average Bonchev–Trinajstić information content (AvgIpc) is 2.78. The van der Waals surface area contributed by atoms with Crippen LogP contribution in [0.3, 0.4) is 0 Å². The Bertz CT molecular complexity index is 1190. The Hall–Kier alpha value is -3.41. The Morgan fingerprint density at radius 2 is 1.88 bits per heavy atom. The zero-order valence-corrected chi connectivity index (χ0v) is 19.6. The number of halogens is 2. The van der Waals surface area contributed by atoms with E-state index in [9.17, 15) is 15.4 Å². The minimum atomic E-state index is -0.592. The monoisotopic (exact) mass is 484 g/mol. The standard InChI is InChI=1S/C23H22Cl2N6O2/c1-3-4-9-27-22-21(31(32)33)23(29-13-28-22)30-20-11-19(25)17(10-14(20)2)18(12-26)15-5-7-16(24)8-6-15/h5-8,10-11,13,18H,3-4,9H2,1-2H3,(H2,27,28,29,30). The summed E-state index contributed by atoms with van der Waals surface area (Å²) >= 11 is 12.5. The van der Waals surface area contributed by atoms with Crippen molar-refractivity contribution in [1.29, 1.82) is 5.26 Å². The highest BCUT2D eigenvalue weighted by Gasteiger charge is 2.24. The van der Waals surface area contributed by atoms with Crippen molar-refractivity contribution in [3.63, 3.8) is 0 Å². The molecule has 2 aromatic carbocycles. The molecule has 1 heterocycles. The lowest BCUT2D eigenvalue weighted by molar-refractivity contribution is -0.383. The largest absolute Gasteiger partial charge is 0.364 e. The number of nitrogens with one attached hydrogen (secondary N) is 2. The molecule has 0 aliphatic heterocycles. The molecule has 0 saturated heterocycles. The van der Waals surface area contributed by atoms with Crippen molar-refractivity contribution in [2.75, 3.05) is 17.2 Å². The van der Waals surface area contributed by atoms with Gasteiger partial charge in [0.25, 0.3) is 0 Å². The summed E-state index contributed by atoms with van der Waals surface area (Å²) in [5, 5.41) is 28.5. The van der Waals surface area contributed by atoms with Crippen LogP contribution in [-0.2, 0) is 0 Å². The van der Waals surface area contributed by atoms with Gasteiger partial charge in [-0.1, -0.05) is 54.7 Å². The van der Waals surface area contributed by atoms with E-state index in [0.29, 0.717) is 27.8 Å². The van der Waals surface area contributed by atoms with Crippen molar-refractivity contribution >= 4 is 46.2 Å². The van der Waals surface area contributed by atoms with Crippen molar-refractivity contribution in [2.45, 2.75) is 32.6 Å². The first-order valence-electron chi connectivity index (χ1n) is 10.3. The quantitative estimate of drug-likeness (QED) is 0.199. The van der Waals surface area contributed by atoms with Crippen LogP contribution >= 0.6 is 23.2 Å². The van der Waals surface area contributed by atoms with E-state index in [1.54, 1.807) is 36.4 Å². The van der Waals surface area contributed by atoms with E-state index >= 15 is 0 Å². The predicted molar refractivity (Wildman–Crippen MR) is 130 cm³/mol. The number of rotatable bonds is 9. The summed E-state index contributed by atoms with van der Waals surface area (Å²) in [5.74, 6) is -0.390. The molecule has 0 aliphatic rings. The molecule has 170 valence electrons. The van der Waals surface area contributed by atoms with Crippen LogP contribution in [0, 0.1) is 28.4 Å². The molecule has 8 nitrogen and oxygen atoms in total. The number of aromatic nitrogens is 2. The zero-order valence-electron chi connectivity index (χ0n) is 18.1. The van der Waals surface area contributed by atoms with Gasteiger partial charge in [0.15, 0.2) is 0 Å². The summed E-state index contributed by atoms with van der Waals surface area (Å²) in [6.07, 6.45) is 3.07. The molecule has 0 amide bonds. The number of anilines is 3. The molecule has 3 rings (SSSR count). The van der Waals surface area contributed by atoms with E-state index in [2.05, 4.69) is 26.7 Å². The topological polar surface area (TPSA) is 117 Å². The van der Waals surface area contributed by atoms with Gasteiger partial charge in [0.1, 0.15) is 6.33 Å². The normalized spacial score (nSPS) is 11.5. The highest BCUT2D eigenvalue weighted by Crippen LogP contribution is 2.37. The maximum absolute atomic E-state index is 11.8. The van der Waals surface area contributed by atoms with Crippen LogP contribution in [0.5, 0.6) is 0 Å². The number of nitro groups is 1. The molecular weight excluding hydrogens is 463 g/mol. The maximum Gasteiger partial charge on any atom is 0.353 e. The Balaban J connectivity index is 1.95. The third-order valence-corrected chi connectivity index (χ3v) is 5.65. The van der Waals surface area contributed by atoms with Gasteiger partial charge in [0.2, 0.25) is 11.6 Å². The summed E-state index contributed by atoms with van der Waals surface area (Å²) in [5.41, 5.74) is 2.43. The molecule has 1 unspecified atom stereocenters. The third-order valence-electron chi connectivity index (χ3n) is 5.07. The van der Waals surface area contributed by atoms with Gasteiger partial charge in [0.05, 0.1) is 16.9 Å². The summed E-state index contributed by atoms with van der Waals surface area (Å²) in [7, 11) is 0. The second-order valence-corrected chi connectivity index (χ2v) is 8.23. The maximum atomic E-state index is 11.8. The van der Waals surface area contributed by atoms with Gasteiger partial charge in [-0.3, -0.25) is 10.1 Å². The second-order valence-electron chi connectivity index (χ2n) is 7.38. The lowest BCUT2D eigenvalue weighted by Gasteiger charge is -2.16. The molecule has 0 bridgehead atoms. The Labute approximate surface area is 201 Å². The fraction of sp³-hybridized carbons (Fsp3) is 0.261. The highest BCUT2D eigenvalue weighted by molar-refractivity contribution is 6.32. The Morgan fingerprint density at radius 1 is 1.18 bits per heavy atom. The minimum Gasteiger partial charge on any atom is -0.364 e. The van der Waals surface area contributed by atoms with Gasteiger partial charge in [-0.05, 0) is 48.2 Å². The molecule has 0 spiro atoms. The van der Waals surface area contributed by atoms with Crippen LogP contribution < -0.4 is 10.6 Å². The van der Waals surface area contributed by atoms with Crippen LogP contribution in [0.25, 0.3) is 0 Å². The van der Waals surface area contributed by atoms with Gasteiger partial charge in [0, 0.05) is 22.3 Å². The number of nitriles is 1. The number of unbranched alkanes of at least 4 members (excludes halogenated alkanes) is 1. The molecule has 0 saturated carbocycles. The van der Waals surface area contributed by atoms with E-state index in [-0.39, 0.29) is 17.3 Å². The van der Waals surface area contributed by atoms with Crippen LogP contribution in [0.4, 0.5) is 23.0 Å². The number of benzene rings is 2. The summed E-state index contributed by atoms with van der Waals surface area (Å²) in [6, 6.07) is 12.7. The van der Waals surface area contributed by atoms with E-state index in [4.69, 9.17) is 23.2 Å². The van der Waals surface area contributed by atoms with Crippen LogP contribution in [-0.4, -0.2) is 21.4 Å². The summed E-state index contributed by atoms with van der Waals surface area (Å²) in [4.78, 5) is 19.3. The first-order chi connectivity index (χ1) is 15.8. The van der Waals surface area contributed by atoms with Crippen LogP contribution in [0.1, 0.15) is 42.4 Å². The van der Waals surface area contributed by atoms with Gasteiger partial charge in [-0.15, -0.1) is 0 Å². The lowest BCUT2D eigenvalue weighted by Crippen LogP contribution is -2.09. The SMILES string of the molecule is CCCCNc1ncnc(Nc2cc(Cl)c(C(C#N)c3ccc(Cl)cc3)cc2C)c1[N+](=O)[O-]. The first-order valence-corrected chi connectivity index (χ1v) is 11.1. The molecule has 0 fully saturated rings. The van der Waals surface area contributed by atoms with Crippen molar-refractivity contribution < 1.29 is 4.92 Å². The van der Waals surface area contributed by atoms with Crippen LogP contribution in [0.2, 0.25) is 10.0 Å². The third kappa shape index (κ3) is 5.69. The zero-order chi connectivity index (χ0) is 24.0. The Kier molecular flexibility index (Phi) is 8.04. The average molecular weight is 485 g/mol. The predicted octanol–water partition coefficient (Wildman–Crippen LogP) is 6.61. The summed E-state index contributed by atoms with van der Waals surface area (Å²) in [6.45, 7) is 4.42. The molecule has 2 N–H and O–H groups in total. The minimum absolute atomic E-state index is 0.0513. The number of aryl methyl sites for hydroxylation is 1. The van der Waals surface area contributed by atoms with Gasteiger partial charge in [-0.2, -0.15) is 5.26 Å². The molecule has 0 radical (unpaired) electrons. The fourth-order valence-corrected chi connectivity index (χ4v) is 3.72. The van der Waals surface area contributed by atoms with Gasteiger partial charge in [-0.25, -0.2) is 9.97 Å². The highest BCUT2D eigenvalue weighted by atomic mass is 35.5.